The van der Waals surface area contributed by atoms with Gasteiger partial charge in [0.1, 0.15) is 0 Å². The van der Waals surface area contributed by atoms with Gasteiger partial charge in [-0.25, -0.2) is 0 Å². The Labute approximate surface area is 126 Å². The molecule has 1 unspecified atom stereocenters. The summed E-state index contributed by atoms with van der Waals surface area (Å²) in [6, 6.07) is 0. The molecule has 1 atom stereocenters. The first kappa shape index (κ1) is 16.3. The lowest BCUT2D eigenvalue weighted by atomic mass is 9.79. The lowest BCUT2D eigenvalue weighted by Crippen LogP contribution is -2.43. The minimum Gasteiger partial charge on any atom is -0.316 e. The second-order valence-corrected chi connectivity index (χ2v) is 7.39. The van der Waals surface area contributed by atoms with E-state index < -0.39 is 0 Å². The Morgan fingerprint density at radius 2 is 1.85 bits per heavy atom. The maximum Gasteiger partial charge on any atom is 0.00503 e. The molecule has 0 aromatic carbocycles. The molecule has 0 aromatic heterocycles. The molecule has 2 nitrogen and oxygen atoms in total. The first-order valence-electron chi connectivity index (χ1n) is 9.21. The smallest absolute Gasteiger partial charge is 0.00503 e. The molecule has 118 valence electrons. The standard InChI is InChI=1S/C18H36N2/c1-3-12-19-15-18(10-7-5-6-8-11-18)16-20-13-9-17(4-2)14-20/h17,19H,3-16H2,1-2H3. The predicted molar refractivity (Wildman–Crippen MR) is 88.1 cm³/mol. The molecular weight excluding hydrogens is 244 g/mol. The molecule has 2 fully saturated rings. The molecule has 1 saturated carbocycles. The van der Waals surface area contributed by atoms with Gasteiger partial charge in [0.2, 0.25) is 0 Å². The largest absolute Gasteiger partial charge is 0.316 e. The maximum absolute atomic E-state index is 3.75. The molecule has 0 radical (unpaired) electrons. The molecule has 1 heterocycles. The first-order chi connectivity index (χ1) is 9.78. The fraction of sp³-hybridized carbons (Fsp3) is 1.00. The molecule has 1 saturated heterocycles. The Balaban J connectivity index is 1.90. The van der Waals surface area contributed by atoms with Crippen LogP contribution in [0, 0.1) is 11.3 Å². The number of rotatable bonds is 7. The Kier molecular flexibility index (Phi) is 6.83. The van der Waals surface area contributed by atoms with Crippen molar-refractivity contribution in [1.29, 1.82) is 0 Å². The predicted octanol–water partition coefficient (Wildman–Crippen LogP) is 4.06. The summed E-state index contributed by atoms with van der Waals surface area (Å²) in [7, 11) is 0. The fourth-order valence-corrected chi connectivity index (χ4v) is 4.26. The molecule has 2 heteroatoms. The van der Waals surface area contributed by atoms with Crippen molar-refractivity contribution < 1.29 is 0 Å². The summed E-state index contributed by atoms with van der Waals surface area (Å²) in [4.78, 5) is 2.78. The molecule has 1 N–H and O–H groups in total. The molecule has 0 aromatic rings. The maximum atomic E-state index is 3.75. The zero-order chi connectivity index (χ0) is 14.3. The van der Waals surface area contributed by atoms with E-state index >= 15 is 0 Å². The van der Waals surface area contributed by atoms with Gasteiger partial charge >= 0.3 is 0 Å². The van der Waals surface area contributed by atoms with Crippen LogP contribution in [0.1, 0.15) is 71.6 Å². The van der Waals surface area contributed by atoms with Crippen LogP contribution in [0.5, 0.6) is 0 Å². The van der Waals surface area contributed by atoms with Crippen LogP contribution in [0.15, 0.2) is 0 Å². The Morgan fingerprint density at radius 3 is 2.45 bits per heavy atom. The molecule has 0 amide bonds. The van der Waals surface area contributed by atoms with Crippen molar-refractivity contribution in [3.05, 3.63) is 0 Å². The SMILES string of the molecule is CCCNCC1(CN2CCC(CC)C2)CCCCCC1. The van der Waals surface area contributed by atoms with Crippen molar-refractivity contribution in [2.75, 3.05) is 32.7 Å². The van der Waals surface area contributed by atoms with E-state index in [0.717, 1.165) is 5.92 Å². The van der Waals surface area contributed by atoms with E-state index in [4.69, 9.17) is 0 Å². The van der Waals surface area contributed by atoms with Crippen LogP contribution in [0.25, 0.3) is 0 Å². The zero-order valence-corrected chi connectivity index (χ0v) is 13.9. The van der Waals surface area contributed by atoms with Crippen molar-refractivity contribution in [2.24, 2.45) is 11.3 Å². The van der Waals surface area contributed by atoms with E-state index in [-0.39, 0.29) is 0 Å². The third kappa shape index (κ3) is 4.73. The van der Waals surface area contributed by atoms with Crippen molar-refractivity contribution >= 4 is 0 Å². The number of likely N-dealkylation sites (tertiary alicyclic amines) is 1. The molecule has 2 rings (SSSR count). The number of nitrogens with one attached hydrogen (secondary N) is 1. The van der Waals surface area contributed by atoms with Gasteiger partial charge in [0, 0.05) is 19.6 Å². The van der Waals surface area contributed by atoms with E-state index in [2.05, 4.69) is 24.1 Å². The Bertz CT molecular complexity index is 256. The molecular formula is C18H36N2. The van der Waals surface area contributed by atoms with Crippen molar-refractivity contribution in [1.82, 2.24) is 10.2 Å². The van der Waals surface area contributed by atoms with Gasteiger partial charge in [-0.15, -0.1) is 0 Å². The van der Waals surface area contributed by atoms with Crippen LogP contribution in [0.4, 0.5) is 0 Å². The molecule has 2 aliphatic rings. The van der Waals surface area contributed by atoms with Crippen LogP contribution in [0.3, 0.4) is 0 Å². The van der Waals surface area contributed by atoms with E-state index in [1.54, 1.807) is 0 Å². The number of nitrogens with zero attached hydrogens (tertiary/aromatic N) is 1. The topological polar surface area (TPSA) is 15.3 Å². The summed E-state index contributed by atoms with van der Waals surface area (Å²) >= 11 is 0. The molecule has 1 aliphatic carbocycles. The zero-order valence-electron chi connectivity index (χ0n) is 13.9. The van der Waals surface area contributed by atoms with Crippen molar-refractivity contribution in [3.8, 4) is 0 Å². The number of hydrogen-bond acceptors (Lipinski definition) is 2. The molecule has 20 heavy (non-hydrogen) atoms. The normalized spacial score (nSPS) is 27.6. The van der Waals surface area contributed by atoms with Crippen molar-refractivity contribution in [2.45, 2.75) is 71.6 Å². The summed E-state index contributed by atoms with van der Waals surface area (Å²) in [5, 5.41) is 3.75. The minimum atomic E-state index is 0.578. The third-order valence-corrected chi connectivity index (χ3v) is 5.60. The highest BCUT2D eigenvalue weighted by Gasteiger charge is 2.34. The Morgan fingerprint density at radius 1 is 1.10 bits per heavy atom. The van der Waals surface area contributed by atoms with E-state index in [1.165, 1.54) is 90.5 Å². The van der Waals surface area contributed by atoms with Gasteiger partial charge in [-0.2, -0.15) is 0 Å². The number of hydrogen-bond donors (Lipinski definition) is 1. The second kappa shape index (κ2) is 8.38. The summed E-state index contributed by atoms with van der Waals surface area (Å²) in [6.45, 7) is 11.2. The van der Waals surface area contributed by atoms with Gasteiger partial charge in [-0.05, 0) is 50.1 Å². The van der Waals surface area contributed by atoms with Gasteiger partial charge in [0.25, 0.3) is 0 Å². The summed E-state index contributed by atoms with van der Waals surface area (Å²) in [5.74, 6) is 0.974. The van der Waals surface area contributed by atoms with Crippen molar-refractivity contribution in [3.63, 3.8) is 0 Å². The lowest BCUT2D eigenvalue weighted by molar-refractivity contribution is 0.142. The third-order valence-electron chi connectivity index (χ3n) is 5.60. The van der Waals surface area contributed by atoms with Crippen LogP contribution in [0.2, 0.25) is 0 Å². The quantitative estimate of drug-likeness (QED) is 0.559. The first-order valence-corrected chi connectivity index (χ1v) is 9.21. The summed E-state index contributed by atoms with van der Waals surface area (Å²) in [6.07, 6.45) is 12.8. The fourth-order valence-electron chi connectivity index (χ4n) is 4.26. The molecule has 0 bridgehead atoms. The highest BCUT2D eigenvalue weighted by molar-refractivity contribution is 4.89. The van der Waals surface area contributed by atoms with Gasteiger partial charge in [0.15, 0.2) is 0 Å². The minimum absolute atomic E-state index is 0.578. The summed E-state index contributed by atoms with van der Waals surface area (Å²) < 4.78 is 0. The van der Waals surface area contributed by atoms with E-state index in [9.17, 15) is 0 Å². The van der Waals surface area contributed by atoms with Gasteiger partial charge in [-0.3, -0.25) is 0 Å². The highest BCUT2D eigenvalue weighted by Crippen LogP contribution is 2.36. The average Bonchev–Trinajstić information content (AvgIpc) is 2.78. The van der Waals surface area contributed by atoms with E-state index in [1.807, 2.05) is 0 Å². The van der Waals surface area contributed by atoms with Crippen LogP contribution in [-0.2, 0) is 0 Å². The monoisotopic (exact) mass is 280 g/mol. The highest BCUT2D eigenvalue weighted by atomic mass is 15.2. The average molecular weight is 280 g/mol. The molecule has 0 spiro atoms. The van der Waals surface area contributed by atoms with Gasteiger partial charge in [0.05, 0.1) is 0 Å². The summed E-state index contributed by atoms with van der Waals surface area (Å²) in [5.41, 5.74) is 0.578. The van der Waals surface area contributed by atoms with Crippen LogP contribution in [-0.4, -0.2) is 37.6 Å². The van der Waals surface area contributed by atoms with E-state index in [0.29, 0.717) is 5.41 Å². The molecule has 1 aliphatic heterocycles. The van der Waals surface area contributed by atoms with Gasteiger partial charge < -0.3 is 10.2 Å². The second-order valence-electron chi connectivity index (χ2n) is 7.39. The van der Waals surface area contributed by atoms with Crippen LogP contribution < -0.4 is 5.32 Å². The lowest BCUT2D eigenvalue weighted by Gasteiger charge is -2.37. The van der Waals surface area contributed by atoms with Crippen LogP contribution >= 0.6 is 0 Å². The van der Waals surface area contributed by atoms with Gasteiger partial charge in [-0.1, -0.05) is 46.0 Å². The Hall–Kier alpha value is -0.0800.